The molecule has 0 unspecified atom stereocenters. The van der Waals surface area contributed by atoms with Gasteiger partial charge in [0.15, 0.2) is 0 Å². The molecule has 120 valence electrons. The van der Waals surface area contributed by atoms with Crippen LogP contribution < -0.4 is 5.43 Å². The molecule has 0 bridgehead atoms. The molecule has 0 saturated carbocycles. The highest BCUT2D eigenvalue weighted by molar-refractivity contribution is 6.03. The molecular weight excluding hydrogens is 296 g/mol. The molecule has 0 aliphatic carbocycles. The van der Waals surface area contributed by atoms with Crippen molar-refractivity contribution in [3.63, 3.8) is 0 Å². The standard InChI is InChI=1S/C21H20N2O/c1-14-8-9-20(12-15(14)2)21(24)23-22-16(3)18-11-10-17-6-4-5-7-19(17)13-18/h4-13H,1-3H3,(H,23,24)/b22-16+. The van der Waals surface area contributed by atoms with Crippen molar-refractivity contribution in [1.82, 2.24) is 5.43 Å². The van der Waals surface area contributed by atoms with E-state index in [4.69, 9.17) is 0 Å². The van der Waals surface area contributed by atoms with Gasteiger partial charge in [-0.3, -0.25) is 4.79 Å². The van der Waals surface area contributed by atoms with Gasteiger partial charge in [-0.2, -0.15) is 5.10 Å². The number of hydrogen-bond donors (Lipinski definition) is 1. The molecule has 0 spiro atoms. The second-order valence-electron chi connectivity index (χ2n) is 6.00. The van der Waals surface area contributed by atoms with Crippen molar-refractivity contribution in [1.29, 1.82) is 0 Å². The maximum absolute atomic E-state index is 12.2. The van der Waals surface area contributed by atoms with E-state index in [1.165, 1.54) is 10.9 Å². The van der Waals surface area contributed by atoms with Crippen LogP contribution in [0.2, 0.25) is 0 Å². The summed E-state index contributed by atoms with van der Waals surface area (Å²) in [5, 5.41) is 6.59. The molecule has 3 heteroatoms. The zero-order valence-electron chi connectivity index (χ0n) is 14.1. The Morgan fingerprint density at radius 2 is 1.54 bits per heavy atom. The molecule has 0 fully saturated rings. The van der Waals surface area contributed by atoms with E-state index in [2.05, 4.69) is 34.8 Å². The second kappa shape index (κ2) is 6.67. The minimum absolute atomic E-state index is 0.196. The van der Waals surface area contributed by atoms with E-state index in [9.17, 15) is 4.79 Å². The predicted molar refractivity (Wildman–Crippen MR) is 99.5 cm³/mol. The van der Waals surface area contributed by atoms with Crippen molar-refractivity contribution in [3.8, 4) is 0 Å². The van der Waals surface area contributed by atoms with E-state index in [0.717, 1.165) is 22.2 Å². The van der Waals surface area contributed by atoms with Gasteiger partial charge in [-0.05, 0) is 66.4 Å². The van der Waals surface area contributed by atoms with Crippen LogP contribution in [0.3, 0.4) is 0 Å². The molecule has 3 nitrogen and oxygen atoms in total. The zero-order valence-corrected chi connectivity index (χ0v) is 14.1. The lowest BCUT2D eigenvalue weighted by Gasteiger charge is -2.06. The van der Waals surface area contributed by atoms with Crippen molar-refractivity contribution in [2.45, 2.75) is 20.8 Å². The third-order valence-corrected chi connectivity index (χ3v) is 4.26. The summed E-state index contributed by atoms with van der Waals surface area (Å²) in [6, 6.07) is 20.0. The number of aryl methyl sites for hydroxylation is 2. The van der Waals surface area contributed by atoms with E-state index in [0.29, 0.717) is 5.56 Å². The lowest BCUT2D eigenvalue weighted by atomic mass is 10.0. The van der Waals surface area contributed by atoms with Crippen LogP contribution in [0.5, 0.6) is 0 Å². The minimum atomic E-state index is -0.196. The number of amides is 1. The lowest BCUT2D eigenvalue weighted by Crippen LogP contribution is -2.19. The average Bonchev–Trinajstić information content (AvgIpc) is 2.61. The number of hydrogen-bond acceptors (Lipinski definition) is 2. The molecule has 0 aliphatic rings. The van der Waals surface area contributed by atoms with Crippen LogP contribution >= 0.6 is 0 Å². The maximum Gasteiger partial charge on any atom is 0.271 e. The first-order valence-electron chi connectivity index (χ1n) is 7.95. The van der Waals surface area contributed by atoms with Crippen LogP contribution in [0.1, 0.15) is 34.0 Å². The van der Waals surface area contributed by atoms with Crippen molar-refractivity contribution >= 4 is 22.4 Å². The molecule has 0 saturated heterocycles. The van der Waals surface area contributed by atoms with Crippen LogP contribution in [0.25, 0.3) is 10.8 Å². The molecule has 3 aromatic carbocycles. The Balaban J connectivity index is 1.79. The third kappa shape index (κ3) is 3.35. The van der Waals surface area contributed by atoms with Gasteiger partial charge in [0.2, 0.25) is 0 Å². The normalized spacial score (nSPS) is 11.5. The SMILES string of the molecule is C/C(=N\NC(=O)c1ccc(C)c(C)c1)c1ccc2ccccc2c1. The maximum atomic E-state index is 12.2. The highest BCUT2D eigenvalue weighted by Gasteiger charge is 2.06. The first kappa shape index (κ1) is 15.9. The Kier molecular flexibility index (Phi) is 4.43. The minimum Gasteiger partial charge on any atom is -0.267 e. The van der Waals surface area contributed by atoms with E-state index < -0.39 is 0 Å². The number of rotatable bonds is 3. The van der Waals surface area contributed by atoms with Gasteiger partial charge < -0.3 is 0 Å². The second-order valence-corrected chi connectivity index (χ2v) is 6.00. The molecule has 0 aliphatic heterocycles. The molecule has 0 heterocycles. The molecule has 3 aromatic rings. The highest BCUT2D eigenvalue weighted by Crippen LogP contribution is 2.16. The van der Waals surface area contributed by atoms with E-state index in [-0.39, 0.29) is 5.91 Å². The Morgan fingerprint density at radius 3 is 2.29 bits per heavy atom. The fourth-order valence-corrected chi connectivity index (χ4v) is 2.56. The average molecular weight is 316 g/mol. The van der Waals surface area contributed by atoms with Gasteiger partial charge in [0.1, 0.15) is 0 Å². The summed E-state index contributed by atoms with van der Waals surface area (Å²) in [6.07, 6.45) is 0. The smallest absolute Gasteiger partial charge is 0.267 e. The topological polar surface area (TPSA) is 41.5 Å². The Bertz CT molecular complexity index is 941. The number of nitrogens with zero attached hydrogens (tertiary/aromatic N) is 1. The number of nitrogens with one attached hydrogen (secondary N) is 1. The van der Waals surface area contributed by atoms with Gasteiger partial charge in [-0.1, -0.05) is 42.5 Å². The number of hydrazone groups is 1. The molecule has 0 radical (unpaired) electrons. The van der Waals surface area contributed by atoms with Crippen molar-refractivity contribution in [2.75, 3.05) is 0 Å². The highest BCUT2D eigenvalue weighted by atomic mass is 16.2. The lowest BCUT2D eigenvalue weighted by molar-refractivity contribution is 0.0954. The van der Waals surface area contributed by atoms with Gasteiger partial charge in [0.25, 0.3) is 5.91 Å². The molecular formula is C21H20N2O. The fourth-order valence-electron chi connectivity index (χ4n) is 2.56. The third-order valence-electron chi connectivity index (χ3n) is 4.26. The fraction of sp³-hybridized carbons (Fsp3) is 0.143. The van der Waals surface area contributed by atoms with Crippen LogP contribution in [0.4, 0.5) is 0 Å². The molecule has 0 aromatic heterocycles. The van der Waals surface area contributed by atoms with Gasteiger partial charge in [-0.25, -0.2) is 5.43 Å². The Morgan fingerprint density at radius 1 is 0.833 bits per heavy atom. The van der Waals surface area contributed by atoms with Gasteiger partial charge >= 0.3 is 0 Å². The van der Waals surface area contributed by atoms with E-state index in [1.807, 2.05) is 57.2 Å². The molecule has 0 atom stereocenters. The molecule has 3 rings (SSSR count). The summed E-state index contributed by atoms with van der Waals surface area (Å²) < 4.78 is 0. The Hall–Kier alpha value is -2.94. The molecule has 1 N–H and O–H groups in total. The summed E-state index contributed by atoms with van der Waals surface area (Å²) in [6.45, 7) is 5.92. The van der Waals surface area contributed by atoms with Crippen LogP contribution in [-0.2, 0) is 0 Å². The largest absolute Gasteiger partial charge is 0.271 e. The van der Waals surface area contributed by atoms with Gasteiger partial charge in [-0.15, -0.1) is 0 Å². The van der Waals surface area contributed by atoms with Crippen LogP contribution in [-0.4, -0.2) is 11.6 Å². The van der Waals surface area contributed by atoms with Gasteiger partial charge in [0.05, 0.1) is 5.71 Å². The molecule has 24 heavy (non-hydrogen) atoms. The quantitative estimate of drug-likeness (QED) is 0.556. The predicted octanol–water partition coefficient (Wildman–Crippen LogP) is 4.61. The monoisotopic (exact) mass is 316 g/mol. The van der Waals surface area contributed by atoms with Crippen LogP contribution in [0, 0.1) is 13.8 Å². The van der Waals surface area contributed by atoms with Crippen LogP contribution in [0.15, 0.2) is 65.8 Å². The first-order valence-corrected chi connectivity index (χ1v) is 7.95. The van der Waals surface area contributed by atoms with Crippen molar-refractivity contribution in [2.24, 2.45) is 5.10 Å². The Labute approximate surface area is 142 Å². The number of fused-ring (bicyclic) bond motifs is 1. The molecule has 1 amide bonds. The van der Waals surface area contributed by atoms with E-state index >= 15 is 0 Å². The summed E-state index contributed by atoms with van der Waals surface area (Å²) in [5.74, 6) is -0.196. The van der Waals surface area contributed by atoms with Crippen molar-refractivity contribution in [3.05, 3.63) is 82.9 Å². The summed E-state index contributed by atoms with van der Waals surface area (Å²) in [4.78, 5) is 12.2. The van der Waals surface area contributed by atoms with E-state index in [1.54, 1.807) is 0 Å². The summed E-state index contributed by atoms with van der Waals surface area (Å²) in [7, 11) is 0. The van der Waals surface area contributed by atoms with Gasteiger partial charge in [0, 0.05) is 5.56 Å². The zero-order chi connectivity index (χ0) is 17.1. The summed E-state index contributed by atoms with van der Waals surface area (Å²) >= 11 is 0. The number of carbonyl (C=O) groups is 1. The number of carbonyl (C=O) groups excluding carboxylic acids is 1. The first-order chi connectivity index (χ1) is 11.5. The number of benzene rings is 3. The summed E-state index contributed by atoms with van der Waals surface area (Å²) in [5.41, 5.74) is 7.29. The van der Waals surface area contributed by atoms with Crippen molar-refractivity contribution < 1.29 is 4.79 Å².